The van der Waals surface area contributed by atoms with Crippen LogP contribution in [0.3, 0.4) is 0 Å². The Kier molecular flexibility index (Phi) is 6.50. The van der Waals surface area contributed by atoms with Gasteiger partial charge in [0.15, 0.2) is 5.16 Å². The lowest BCUT2D eigenvalue weighted by atomic mass is 9.92. The van der Waals surface area contributed by atoms with Crippen LogP contribution in [0.4, 0.5) is 4.79 Å². The zero-order valence-corrected chi connectivity index (χ0v) is 18.5. The lowest BCUT2D eigenvalue weighted by Gasteiger charge is -2.22. The van der Waals surface area contributed by atoms with Crippen molar-refractivity contribution in [3.63, 3.8) is 0 Å². The van der Waals surface area contributed by atoms with Gasteiger partial charge < -0.3 is 9.88 Å². The van der Waals surface area contributed by atoms with Crippen molar-refractivity contribution in [1.82, 2.24) is 25.3 Å². The minimum absolute atomic E-state index is 0.0428. The molecule has 8 nitrogen and oxygen atoms in total. The standard InChI is InChI=1S/C21H27N5O3S/c1-5-6-12-25-15(3)14(2)22-20(25)30-13-17(27)24-26-18(28)21(4,23-19(26)29)16-10-8-7-9-11-16/h7-11H,5-6,12-13H2,1-4H3,(H,23,29)(H,24,27). The summed E-state index contributed by atoms with van der Waals surface area (Å²) in [6.45, 7) is 8.55. The topological polar surface area (TPSA) is 96.3 Å². The fourth-order valence-corrected chi connectivity index (χ4v) is 4.22. The Hall–Kier alpha value is -2.81. The SMILES string of the molecule is CCCCn1c(SCC(=O)NN2C(=O)NC(C)(c3ccccc3)C2=O)nc(C)c1C. The first-order valence-corrected chi connectivity index (χ1v) is 10.9. The Bertz CT molecular complexity index is 959. The first-order valence-electron chi connectivity index (χ1n) is 9.96. The third kappa shape index (κ3) is 4.21. The molecule has 0 saturated carbocycles. The highest BCUT2D eigenvalue weighted by atomic mass is 32.2. The van der Waals surface area contributed by atoms with Gasteiger partial charge in [-0.3, -0.25) is 15.0 Å². The van der Waals surface area contributed by atoms with Gasteiger partial charge in [-0.15, -0.1) is 0 Å². The monoisotopic (exact) mass is 429 g/mol. The number of hydrazine groups is 1. The summed E-state index contributed by atoms with van der Waals surface area (Å²) in [6, 6.07) is 8.30. The number of aryl methyl sites for hydroxylation is 1. The molecule has 2 N–H and O–H groups in total. The number of unbranched alkanes of at least 4 members (excludes halogenated alkanes) is 1. The molecule has 3 rings (SSSR count). The maximum absolute atomic E-state index is 12.9. The van der Waals surface area contributed by atoms with E-state index in [2.05, 4.69) is 27.2 Å². The van der Waals surface area contributed by atoms with Crippen molar-refractivity contribution < 1.29 is 14.4 Å². The van der Waals surface area contributed by atoms with Crippen LogP contribution in [0.15, 0.2) is 35.5 Å². The summed E-state index contributed by atoms with van der Waals surface area (Å²) in [7, 11) is 0. The Morgan fingerprint density at radius 3 is 2.60 bits per heavy atom. The van der Waals surface area contributed by atoms with Gasteiger partial charge in [-0.1, -0.05) is 55.4 Å². The number of nitrogens with one attached hydrogen (secondary N) is 2. The lowest BCUT2D eigenvalue weighted by Crippen LogP contribution is -2.48. The molecule has 160 valence electrons. The Morgan fingerprint density at radius 1 is 1.23 bits per heavy atom. The molecule has 1 aromatic carbocycles. The zero-order chi connectivity index (χ0) is 21.9. The minimum atomic E-state index is -1.22. The molecule has 2 aromatic rings. The fourth-order valence-electron chi connectivity index (χ4n) is 3.31. The van der Waals surface area contributed by atoms with Gasteiger partial charge in [0.25, 0.3) is 5.91 Å². The molecule has 1 aromatic heterocycles. The van der Waals surface area contributed by atoms with Crippen LogP contribution in [0.1, 0.15) is 43.6 Å². The van der Waals surface area contributed by atoms with Crippen molar-refractivity contribution in [1.29, 1.82) is 0 Å². The van der Waals surface area contributed by atoms with Gasteiger partial charge >= 0.3 is 6.03 Å². The molecule has 1 unspecified atom stereocenters. The summed E-state index contributed by atoms with van der Waals surface area (Å²) in [6.07, 6.45) is 2.09. The number of thioether (sulfide) groups is 1. The lowest BCUT2D eigenvalue weighted by molar-refractivity contribution is -0.138. The molecule has 1 aliphatic heterocycles. The summed E-state index contributed by atoms with van der Waals surface area (Å²) in [5.41, 5.74) is 3.88. The molecule has 0 radical (unpaired) electrons. The van der Waals surface area contributed by atoms with Crippen LogP contribution in [0.25, 0.3) is 0 Å². The molecule has 30 heavy (non-hydrogen) atoms. The van der Waals surface area contributed by atoms with Crippen LogP contribution in [-0.4, -0.2) is 38.2 Å². The van der Waals surface area contributed by atoms with Gasteiger partial charge in [-0.2, -0.15) is 5.01 Å². The van der Waals surface area contributed by atoms with Gasteiger partial charge in [-0.25, -0.2) is 9.78 Å². The van der Waals surface area contributed by atoms with E-state index in [-0.39, 0.29) is 5.75 Å². The number of nitrogens with zero attached hydrogens (tertiary/aromatic N) is 3. The fraction of sp³-hybridized carbons (Fsp3) is 0.429. The predicted molar refractivity (Wildman–Crippen MR) is 115 cm³/mol. The van der Waals surface area contributed by atoms with Crippen LogP contribution < -0.4 is 10.7 Å². The van der Waals surface area contributed by atoms with Crippen LogP contribution in [0.2, 0.25) is 0 Å². The number of amides is 4. The van der Waals surface area contributed by atoms with E-state index in [9.17, 15) is 14.4 Å². The molecule has 1 saturated heterocycles. The highest BCUT2D eigenvalue weighted by Crippen LogP contribution is 2.28. The predicted octanol–water partition coefficient (Wildman–Crippen LogP) is 2.89. The molecule has 4 amide bonds. The average Bonchev–Trinajstić information content (AvgIpc) is 3.13. The number of imidazole rings is 1. The summed E-state index contributed by atoms with van der Waals surface area (Å²) in [4.78, 5) is 42.3. The second-order valence-corrected chi connectivity index (χ2v) is 8.40. The molecule has 0 spiro atoms. The van der Waals surface area contributed by atoms with Crippen LogP contribution in [0, 0.1) is 13.8 Å². The van der Waals surface area contributed by atoms with Crippen molar-refractivity contribution in [2.75, 3.05) is 5.75 Å². The number of carbonyl (C=O) groups is 3. The first kappa shape index (κ1) is 21.9. The maximum atomic E-state index is 12.9. The molecule has 1 atom stereocenters. The second-order valence-electron chi connectivity index (χ2n) is 7.46. The van der Waals surface area contributed by atoms with Crippen molar-refractivity contribution in [2.45, 2.75) is 57.8 Å². The summed E-state index contributed by atoms with van der Waals surface area (Å²) < 4.78 is 2.11. The van der Waals surface area contributed by atoms with Crippen molar-refractivity contribution in [2.24, 2.45) is 0 Å². The second kappa shape index (κ2) is 8.91. The van der Waals surface area contributed by atoms with Crippen molar-refractivity contribution >= 4 is 29.6 Å². The number of aromatic nitrogens is 2. The Labute approximate surface area is 180 Å². The number of carbonyl (C=O) groups excluding carboxylic acids is 3. The number of hydrogen-bond donors (Lipinski definition) is 2. The molecule has 2 heterocycles. The van der Waals surface area contributed by atoms with E-state index in [0.29, 0.717) is 5.56 Å². The third-order valence-electron chi connectivity index (χ3n) is 5.27. The third-order valence-corrected chi connectivity index (χ3v) is 6.25. The molecule has 1 fully saturated rings. The summed E-state index contributed by atoms with van der Waals surface area (Å²) in [5, 5.41) is 4.19. The van der Waals surface area contributed by atoms with Crippen molar-refractivity contribution in [3.05, 3.63) is 47.3 Å². The van der Waals surface area contributed by atoms with Gasteiger partial charge in [0.1, 0.15) is 5.54 Å². The van der Waals surface area contributed by atoms with Crippen LogP contribution in [0.5, 0.6) is 0 Å². The molecular formula is C21H27N5O3S. The van der Waals surface area contributed by atoms with Crippen LogP contribution >= 0.6 is 11.8 Å². The average molecular weight is 430 g/mol. The number of urea groups is 1. The maximum Gasteiger partial charge on any atom is 0.344 e. The molecule has 9 heteroatoms. The van der Waals surface area contributed by atoms with E-state index in [1.807, 2.05) is 19.9 Å². The molecule has 0 bridgehead atoms. The van der Waals surface area contributed by atoms with Gasteiger partial charge in [0.05, 0.1) is 11.4 Å². The number of rotatable bonds is 8. The largest absolute Gasteiger partial charge is 0.344 e. The quantitative estimate of drug-likeness (QED) is 0.497. The van der Waals surface area contributed by atoms with Gasteiger partial charge in [0, 0.05) is 12.2 Å². The van der Waals surface area contributed by atoms with Crippen LogP contribution in [-0.2, 0) is 21.7 Å². The summed E-state index contributed by atoms with van der Waals surface area (Å²) in [5.74, 6) is -0.921. The highest BCUT2D eigenvalue weighted by Gasteiger charge is 2.49. The molecular weight excluding hydrogens is 402 g/mol. The number of benzene rings is 1. The normalized spacial score (nSPS) is 18.6. The van der Waals surface area contributed by atoms with E-state index < -0.39 is 23.4 Å². The first-order chi connectivity index (χ1) is 14.3. The minimum Gasteiger partial charge on any atom is -0.323 e. The number of hydrogen-bond acceptors (Lipinski definition) is 5. The smallest absolute Gasteiger partial charge is 0.323 e. The van der Waals surface area contributed by atoms with E-state index in [0.717, 1.165) is 40.9 Å². The van der Waals surface area contributed by atoms with Crippen molar-refractivity contribution in [3.8, 4) is 0 Å². The highest BCUT2D eigenvalue weighted by molar-refractivity contribution is 7.99. The Morgan fingerprint density at radius 2 is 1.93 bits per heavy atom. The van der Waals surface area contributed by atoms with E-state index in [1.54, 1.807) is 31.2 Å². The number of imide groups is 1. The zero-order valence-electron chi connectivity index (χ0n) is 17.7. The van der Waals surface area contributed by atoms with E-state index in [1.165, 1.54) is 11.8 Å². The summed E-state index contributed by atoms with van der Waals surface area (Å²) >= 11 is 1.29. The molecule has 1 aliphatic rings. The Balaban J connectivity index is 1.65. The van der Waals surface area contributed by atoms with E-state index >= 15 is 0 Å². The van der Waals surface area contributed by atoms with E-state index in [4.69, 9.17) is 0 Å². The van der Waals surface area contributed by atoms with Gasteiger partial charge in [-0.05, 0) is 32.8 Å². The van der Waals surface area contributed by atoms with Gasteiger partial charge in [0.2, 0.25) is 5.91 Å². The molecule has 0 aliphatic carbocycles.